The molecule has 0 bridgehead atoms. The maximum atomic E-state index is 10.2. The van der Waals surface area contributed by atoms with Crippen LogP contribution >= 0.6 is 0 Å². The molecule has 2 aromatic heterocycles. The fourth-order valence-corrected chi connectivity index (χ4v) is 4.90. The van der Waals surface area contributed by atoms with Gasteiger partial charge in [-0.2, -0.15) is 0 Å². The molecule has 6 rings (SSSR count). The van der Waals surface area contributed by atoms with Crippen LogP contribution in [0, 0.1) is 0 Å². The van der Waals surface area contributed by atoms with Crippen molar-refractivity contribution in [1.82, 2.24) is 19.5 Å². The molecule has 1 aliphatic carbocycles. The Balaban J connectivity index is 1.47. The van der Waals surface area contributed by atoms with Crippen LogP contribution in [0.25, 0.3) is 34.0 Å². The molecule has 32 heavy (non-hydrogen) atoms. The first-order valence-corrected chi connectivity index (χ1v) is 10.7. The van der Waals surface area contributed by atoms with Gasteiger partial charge in [0.2, 0.25) is 5.88 Å². The molecule has 2 aromatic carbocycles. The third-order valence-corrected chi connectivity index (χ3v) is 6.30. The largest absolute Gasteiger partial charge is 0.454 e. The lowest BCUT2D eigenvalue weighted by Crippen LogP contribution is -2.58. The van der Waals surface area contributed by atoms with Crippen LogP contribution in [0.3, 0.4) is 0 Å². The van der Waals surface area contributed by atoms with Gasteiger partial charge in [-0.3, -0.25) is 4.57 Å². The van der Waals surface area contributed by atoms with E-state index in [1.165, 1.54) is 0 Å². The van der Waals surface area contributed by atoms with Gasteiger partial charge in [0.05, 0.1) is 11.3 Å². The number of aliphatic hydroxyl groups is 1. The van der Waals surface area contributed by atoms with E-state index in [1.54, 1.807) is 6.20 Å². The first-order chi connectivity index (χ1) is 15.4. The number of benzene rings is 2. The number of nitrogens with two attached hydrogens (primary N) is 1. The predicted molar refractivity (Wildman–Crippen MR) is 120 cm³/mol. The van der Waals surface area contributed by atoms with Crippen molar-refractivity contribution in [3.63, 3.8) is 0 Å². The molecule has 7 nitrogen and oxygen atoms in total. The van der Waals surface area contributed by atoms with Gasteiger partial charge in [0.25, 0.3) is 0 Å². The van der Waals surface area contributed by atoms with E-state index in [-0.39, 0.29) is 0 Å². The summed E-state index contributed by atoms with van der Waals surface area (Å²) in [5.41, 5.74) is 10.4. The van der Waals surface area contributed by atoms with E-state index >= 15 is 0 Å². The van der Waals surface area contributed by atoms with Gasteiger partial charge in [-0.05, 0) is 25.3 Å². The average Bonchev–Trinajstić information content (AvgIpc) is 3.27. The molecule has 0 amide bonds. The van der Waals surface area contributed by atoms with Crippen LogP contribution in [-0.2, 0) is 12.3 Å². The lowest BCUT2D eigenvalue weighted by Gasteiger charge is -2.49. The van der Waals surface area contributed by atoms with E-state index < -0.39 is 11.1 Å². The minimum atomic E-state index is -0.695. The molecule has 0 spiro atoms. The summed E-state index contributed by atoms with van der Waals surface area (Å²) in [6.07, 6.45) is 4.71. The van der Waals surface area contributed by atoms with Crippen LogP contribution in [0.15, 0.2) is 67.0 Å². The van der Waals surface area contributed by atoms with Gasteiger partial charge in [0, 0.05) is 29.1 Å². The summed E-state index contributed by atoms with van der Waals surface area (Å²) >= 11 is 0. The van der Waals surface area contributed by atoms with Gasteiger partial charge >= 0.3 is 0 Å². The van der Waals surface area contributed by atoms with Gasteiger partial charge in [-0.1, -0.05) is 54.6 Å². The quantitative estimate of drug-likeness (QED) is 0.519. The molecule has 7 heteroatoms. The second-order valence-electron chi connectivity index (χ2n) is 9.02. The zero-order valence-corrected chi connectivity index (χ0v) is 17.7. The number of nitrogens with zero attached hydrogens (tertiary/aromatic N) is 4. The number of hydrogen-bond acceptors (Lipinski definition) is 6. The molecule has 4 aromatic rings. The van der Waals surface area contributed by atoms with E-state index in [2.05, 4.69) is 4.98 Å². The normalized spacial score (nSPS) is 23.6. The third-order valence-electron chi connectivity index (χ3n) is 6.30. The number of imidazole rings is 1. The van der Waals surface area contributed by atoms with Gasteiger partial charge in [-0.15, -0.1) is 0 Å². The number of ether oxygens (including phenoxy) is 1. The summed E-state index contributed by atoms with van der Waals surface area (Å²) in [5, 5.41) is 10.2. The van der Waals surface area contributed by atoms with E-state index in [0.717, 1.165) is 33.9 Å². The van der Waals surface area contributed by atoms with Crippen LogP contribution in [0.1, 0.15) is 25.3 Å². The van der Waals surface area contributed by atoms with Crippen molar-refractivity contribution in [1.29, 1.82) is 0 Å². The summed E-state index contributed by atoms with van der Waals surface area (Å²) in [6, 6.07) is 18.1. The molecule has 0 radical (unpaired) electrons. The molecule has 1 fully saturated rings. The Morgan fingerprint density at radius 1 is 0.938 bits per heavy atom. The van der Waals surface area contributed by atoms with Crippen LogP contribution < -0.4 is 10.5 Å². The Morgan fingerprint density at radius 2 is 1.62 bits per heavy atom. The summed E-state index contributed by atoms with van der Waals surface area (Å²) in [7, 11) is 0. The molecule has 2 aliphatic rings. The van der Waals surface area contributed by atoms with Crippen molar-refractivity contribution in [2.45, 2.75) is 37.6 Å². The molecule has 3 N–H and O–H groups in total. The zero-order chi connectivity index (χ0) is 21.9. The van der Waals surface area contributed by atoms with Crippen molar-refractivity contribution in [2.24, 2.45) is 5.73 Å². The van der Waals surface area contributed by atoms with Crippen LogP contribution in [0.2, 0.25) is 0 Å². The first-order valence-electron chi connectivity index (χ1n) is 10.7. The fourth-order valence-electron chi connectivity index (χ4n) is 4.90. The van der Waals surface area contributed by atoms with Gasteiger partial charge in [0.1, 0.15) is 5.69 Å². The first kappa shape index (κ1) is 19.2. The maximum Gasteiger partial charge on any atom is 0.246 e. The predicted octanol–water partition coefficient (Wildman–Crippen LogP) is 3.72. The molecular weight excluding hydrogens is 402 g/mol. The number of rotatable bonds is 3. The molecule has 0 unspecified atom stereocenters. The van der Waals surface area contributed by atoms with Crippen molar-refractivity contribution >= 4 is 0 Å². The Kier molecular flexibility index (Phi) is 4.02. The molecule has 1 aliphatic heterocycles. The second kappa shape index (κ2) is 6.72. The van der Waals surface area contributed by atoms with Crippen molar-refractivity contribution in [3.8, 4) is 39.9 Å². The lowest BCUT2D eigenvalue weighted by atomic mass is 9.63. The van der Waals surface area contributed by atoms with Crippen LogP contribution in [0.5, 0.6) is 5.88 Å². The zero-order valence-electron chi connectivity index (χ0n) is 17.7. The van der Waals surface area contributed by atoms with Gasteiger partial charge in [0.15, 0.2) is 18.2 Å². The van der Waals surface area contributed by atoms with Crippen LogP contribution in [-0.4, -0.2) is 30.2 Å². The highest BCUT2D eigenvalue weighted by Crippen LogP contribution is 2.46. The molecule has 0 saturated heterocycles. The van der Waals surface area contributed by atoms with Gasteiger partial charge in [-0.25, -0.2) is 15.0 Å². The topological polar surface area (TPSA) is 99.1 Å². The van der Waals surface area contributed by atoms with E-state index in [9.17, 15) is 5.11 Å². The molecular formula is C25H23N5O2. The molecule has 160 valence electrons. The fraction of sp³-hybridized carbons (Fsp3) is 0.240. The number of hydrogen-bond donors (Lipinski definition) is 2. The molecule has 0 atom stereocenters. The maximum absolute atomic E-state index is 10.2. The van der Waals surface area contributed by atoms with Crippen molar-refractivity contribution in [2.75, 3.05) is 0 Å². The number of fused-ring (bicyclic) bond motifs is 3. The van der Waals surface area contributed by atoms with E-state index in [0.29, 0.717) is 31.1 Å². The lowest BCUT2D eigenvalue weighted by molar-refractivity contribution is -0.0738. The second-order valence-corrected chi connectivity index (χ2v) is 9.02. The highest BCUT2D eigenvalue weighted by atomic mass is 16.5. The monoisotopic (exact) mass is 425 g/mol. The van der Waals surface area contributed by atoms with Crippen LogP contribution in [0.4, 0.5) is 0 Å². The minimum absolute atomic E-state index is 0.363. The Bertz CT molecular complexity index is 1300. The third kappa shape index (κ3) is 3.01. The SMILES string of the molecule is CC1(O)CC(N)(c2ccc(-c3nc4c(nc3-c3ccccc3)OCn3ccnc3-4)cc2)C1. The Morgan fingerprint density at radius 3 is 2.34 bits per heavy atom. The van der Waals surface area contributed by atoms with Gasteiger partial charge < -0.3 is 15.6 Å². The highest BCUT2D eigenvalue weighted by molar-refractivity contribution is 5.81. The summed E-state index contributed by atoms with van der Waals surface area (Å²) in [6.45, 7) is 2.19. The average molecular weight is 425 g/mol. The highest BCUT2D eigenvalue weighted by Gasteiger charge is 2.49. The van der Waals surface area contributed by atoms with Crippen molar-refractivity contribution in [3.05, 3.63) is 72.6 Å². The Labute approximate surface area is 185 Å². The van der Waals surface area contributed by atoms with Crippen molar-refractivity contribution < 1.29 is 9.84 Å². The smallest absolute Gasteiger partial charge is 0.246 e. The molecule has 3 heterocycles. The standard InChI is InChI=1S/C25H23N5O2/c1-24(31)13-25(26,14-24)18-9-7-17(8-10-18)19-20(16-5-3-2-4-6-16)29-23-21(28-19)22-27-11-12-30(22)15-32-23/h2-12,31H,13-15,26H2,1H3. The van der Waals surface area contributed by atoms with E-state index in [4.69, 9.17) is 20.4 Å². The minimum Gasteiger partial charge on any atom is -0.454 e. The summed E-state index contributed by atoms with van der Waals surface area (Å²) in [5.74, 6) is 1.23. The Hall–Kier alpha value is -3.55. The molecule has 1 saturated carbocycles. The number of aromatic nitrogens is 4. The van der Waals surface area contributed by atoms with E-state index in [1.807, 2.05) is 72.3 Å². The summed E-state index contributed by atoms with van der Waals surface area (Å²) < 4.78 is 7.79. The summed E-state index contributed by atoms with van der Waals surface area (Å²) in [4.78, 5) is 14.3.